The van der Waals surface area contributed by atoms with Crippen molar-refractivity contribution in [1.29, 1.82) is 0 Å². The van der Waals surface area contributed by atoms with Crippen LogP contribution in [0.5, 0.6) is 0 Å². The Balaban J connectivity index is 2.86. The summed E-state index contributed by atoms with van der Waals surface area (Å²) in [6.07, 6.45) is 1.71. The SMILES string of the molecule is Cc1c(N)cnn1C(=O)CC(C)(C)N. The molecule has 5 nitrogen and oxygen atoms in total. The van der Waals surface area contributed by atoms with Gasteiger partial charge in [0.15, 0.2) is 0 Å². The summed E-state index contributed by atoms with van der Waals surface area (Å²) >= 11 is 0. The van der Waals surface area contributed by atoms with E-state index in [1.807, 2.05) is 0 Å². The number of nitrogens with zero attached hydrogens (tertiary/aromatic N) is 2. The highest BCUT2D eigenvalue weighted by molar-refractivity contribution is 5.80. The molecule has 1 rings (SSSR count). The molecule has 0 fully saturated rings. The fourth-order valence-electron chi connectivity index (χ4n) is 1.14. The normalized spacial score (nSPS) is 11.7. The molecule has 78 valence electrons. The number of anilines is 1. The van der Waals surface area contributed by atoms with E-state index in [1.54, 1.807) is 20.8 Å². The van der Waals surface area contributed by atoms with Crippen molar-refractivity contribution in [3.05, 3.63) is 11.9 Å². The van der Waals surface area contributed by atoms with E-state index in [0.717, 1.165) is 0 Å². The Labute approximate surface area is 83.1 Å². The zero-order valence-corrected chi connectivity index (χ0v) is 8.74. The third-order valence-electron chi connectivity index (χ3n) is 1.89. The molecule has 0 saturated heterocycles. The van der Waals surface area contributed by atoms with Gasteiger partial charge in [-0.2, -0.15) is 5.10 Å². The molecule has 5 heteroatoms. The molecule has 0 aromatic carbocycles. The van der Waals surface area contributed by atoms with Crippen molar-refractivity contribution >= 4 is 11.6 Å². The second-order valence-electron chi connectivity index (χ2n) is 4.16. The summed E-state index contributed by atoms with van der Waals surface area (Å²) in [5.74, 6) is -0.133. The first-order valence-corrected chi connectivity index (χ1v) is 4.43. The van der Waals surface area contributed by atoms with E-state index in [0.29, 0.717) is 11.4 Å². The summed E-state index contributed by atoms with van der Waals surface area (Å²) in [6.45, 7) is 5.35. The Morgan fingerprint density at radius 1 is 1.64 bits per heavy atom. The quantitative estimate of drug-likeness (QED) is 0.722. The molecule has 0 aliphatic rings. The third-order valence-corrected chi connectivity index (χ3v) is 1.89. The smallest absolute Gasteiger partial charge is 0.248 e. The van der Waals surface area contributed by atoms with Gasteiger partial charge in [0.1, 0.15) is 0 Å². The summed E-state index contributed by atoms with van der Waals surface area (Å²) < 4.78 is 1.30. The van der Waals surface area contributed by atoms with Crippen LogP contribution in [-0.4, -0.2) is 21.2 Å². The first-order chi connectivity index (χ1) is 6.31. The Morgan fingerprint density at radius 2 is 2.21 bits per heavy atom. The van der Waals surface area contributed by atoms with E-state index in [9.17, 15) is 4.79 Å². The number of nitrogens with two attached hydrogens (primary N) is 2. The maximum Gasteiger partial charge on any atom is 0.248 e. The molecule has 0 amide bonds. The molecular weight excluding hydrogens is 180 g/mol. The first kappa shape index (κ1) is 10.7. The molecule has 1 aromatic rings. The van der Waals surface area contributed by atoms with Crippen molar-refractivity contribution in [2.45, 2.75) is 32.7 Å². The Kier molecular flexibility index (Phi) is 2.62. The molecule has 0 aliphatic heterocycles. The summed E-state index contributed by atoms with van der Waals surface area (Å²) in [7, 11) is 0. The van der Waals surface area contributed by atoms with E-state index in [4.69, 9.17) is 11.5 Å². The lowest BCUT2D eigenvalue weighted by atomic mass is 10.0. The van der Waals surface area contributed by atoms with Gasteiger partial charge in [0, 0.05) is 12.0 Å². The molecule has 0 bridgehead atoms. The molecule has 1 heterocycles. The lowest BCUT2D eigenvalue weighted by Crippen LogP contribution is -2.36. The van der Waals surface area contributed by atoms with Crippen molar-refractivity contribution < 1.29 is 4.79 Å². The van der Waals surface area contributed by atoms with Crippen molar-refractivity contribution in [2.24, 2.45) is 5.73 Å². The maximum atomic E-state index is 11.7. The molecular formula is C9H16N4O. The highest BCUT2D eigenvalue weighted by atomic mass is 16.2. The van der Waals surface area contributed by atoms with Gasteiger partial charge in [-0.3, -0.25) is 4.79 Å². The fourth-order valence-corrected chi connectivity index (χ4v) is 1.14. The minimum atomic E-state index is -0.524. The lowest BCUT2D eigenvalue weighted by molar-refractivity contribution is 0.0860. The summed E-state index contributed by atoms with van der Waals surface area (Å²) in [6, 6.07) is 0. The Bertz CT molecular complexity index is 348. The van der Waals surface area contributed by atoms with Crippen LogP contribution in [0.15, 0.2) is 6.20 Å². The molecule has 0 radical (unpaired) electrons. The van der Waals surface area contributed by atoms with Gasteiger partial charge in [-0.1, -0.05) is 0 Å². The summed E-state index contributed by atoms with van der Waals surface area (Å²) in [5, 5.41) is 3.89. The molecule has 0 aliphatic carbocycles. The minimum absolute atomic E-state index is 0.133. The van der Waals surface area contributed by atoms with Crippen LogP contribution in [0.3, 0.4) is 0 Å². The van der Waals surface area contributed by atoms with E-state index >= 15 is 0 Å². The van der Waals surface area contributed by atoms with Gasteiger partial charge >= 0.3 is 0 Å². The van der Waals surface area contributed by atoms with Gasteiger partial charge in [-0.15, -0.1) is 0 Å². The van der Waals surface area contributed by atoms with Crippen LogP contribution >= 0.6 is 0 Å². The summed E-state index contributed by atoms with van der Waals surface area (Å²) in [4.78, 5) is 11.7. The number of nitrogen functional groups attached to an aromatic ring is 1. The highest BCUT2D eigenvalue weighted by Gasteiger charge is 2.19. The van der Waals surface area contributed by atoms with Crippen molar-refractivity contribution in [1.82, 2.24) is 9.78 Å². The van der Waals surface area contributed by atoms with Crippen molar-refractivity contribution in [3.8, 4) is 0 Å². The number of hydrogen-bond acceptors (Lipinski definition) is 4. The van der Waals surface area contributed by atoms with E-state index in [1.165, 1.54) is 10.9 Å². The van der Waals surface area contributed by atoms with Crippen LogP contribution in [0.25, 0.3) is 0 Å². The molecule has 0 unspecified atom stereocenters. The number of hydrogen-bond donors (Lipinski definition) is 2. The van der Waals surface area contributed by atoms with Crippen molar-refractivity contribution in [2.75, 3.05) is 5.73 Å². The van der Waals surface area contributed by atoms with Gasteiger partial charge in [-0.05, 0) is 20.8 Å². The van der Waals surface area contributed by atoms with Crippen LogP contribution in [-0.2, 0) is 0 Å². The number of carbonyl (C=O) groups excluding carboxylic acids is 1. The largest absolute Gasteiger partial charge is 0.396 e. The van der Waals surface area contributed by atoms with Crippen molar-refractivity contribution in [3.63, 3.8) is 0 Å². The minimum Gasteiger partial charge on any atom is -0.396 e. The number of aromatic nitrogens is 2. The Hall–Kier alpha value is -1.36. The van der Waals surface area contributed by atoms with Gasteiger partial charge in [-0.25, -0.2) is 4.68 Å². The maximum absolute atomic E-state index is 11.7. The standard InChI is InChI=1S/C9H16N4O/c1-6-7(10)5-12-13(6)8(14)4-9(2,3)11/h5H,4,10-11H2,1-3H3. The van der Waals surface area contributed by atoms with Crippen LogP contribution in [0.2, 0.25) is 0 Å². The zero-order valence-electron chi connectivity index (χ0n) is 8.74. The fraction of sp³-hybridized carbons (Fsp3) is 0.556. The summed E-state index contributed by atoms with van der Waals surface area (Å²) in [5.41, 5.74) is 12.0. The molecule has 4 N–H and O–H groups in total. The highest BCUT2D eigenvalue weighted by Crippen LogP contribution is 2.12. The van der Waals surface area contributed by atoms with E-state index in [-0.39, 0.29) is 12.3 Å². The predicted octanol–water partition coefficient (Wildman–Crippen LogP) is 0.541. The van der Waals surface area contributed by atoms with Crippen LogP contribution in [0.4, 0.5) is 5.69 Å². The second-order valence-corrected chi connectivity index (χ2v) is 4.16. The number of carbonyl (C=O) groups is 1. The molecule has 0 spiro atoms. The van der Waals surface area contributed by atoms with Gasteiger partial charge in [0.25, 0.3) is 0 Å². The van der Waals surface area contributed by atoms with Gasteiger partial charge in [0.2, 0.25) is 5.91 Å². The molecule has 0 saturated carbocycles. The average Bonchev–Trinajstić information content (AvgIpc) is 2.29. The van der Waals surface area contributed by atoms with Crippen LogP contribution in [0.1, 0.15) is 30.8 Å². The van der Waals surface area contributed by atoms with Gasteiger partial charge in [0.05, 0.1) is 17.6 Å². The van der Waals surface area contributed by atoms with Crippen LogP contribution < -0.4 is 11.5 Å². The molecule has 0 atom stereocenters. The second kappa shape index (κ2) is 3.42. The third kappa shape index (κ3) is 2.32. The Morgan fingerprint density at radius 3 is 2.57 bits per heavy atom. The number of rotatable bonds is 2. The average molecular weight is 196 g/mol. The topological polar surface area (TPSA) is 86.9 Å². The van der Waals surface area contributed by atoms with Gasteiger partial charge < -0.3 is 11.5 Å². The zero-order chi connectivity index (χ0) is 10.9. The van der Waals surface area contributed by atoms with E-state index < -0.39 is 5.54 Å². The lowest BCUT2D eigenvalue weighted by Gasteiger charge is -2.17. The molecule has 1 aromatic heterocycles. The first-order valence-electron chi connectivity index (χ1n) is 4.43. The monoisotopic (exact) mass is 196 g/mol. The molecule has 14 heavy (non-hydrogen) atoms. The predicted molar refractivity (Wildman–Crippen MR) is 54.9 cm³/mol. The van der Waals surface area contributed by atoms with E-state index in [2.05, 4.69) is 5.10 Å². The van der Waals surface area contributed by atoms with Crippen LogP contribution in [0, 0.1) is 6.92 Å².